The van der Waals surface area contributed by atoms with Gasteiger partial charge >= 0.3 is 7.12 Å². The van der Waals surface area contributed by atoms with Gasteiger partial charge in [-0.05, 0) is 122 Å². The Balaban J connectivity index is 1.55. The summed E-state index contributed by atoms with van der Waals surface area (Å²) in [7, 11) is -6.61. The highest BCUT2D eigenvalue weighted by Gasteiger charge is 2.39. The lowest BCUT2D eigenvalue weighted by Gasteiger charge is -2.35. The molecule has 0 aliphatic heterocycles. The van der Waals surface area contributed by atoms with Crippen molar-refractivity contribution in [2.24, 2.45) is 0 Å². The van der Waals surface area contributed by atoms with E-state index in [9.17, 15) is 19.6 Å². The highest BCUT2D eigenvalue weighted by atomic mass is 28.4. The first kappa shape index (κ1) is 37.1. The Morgan fingerprint density at radius 2 is 0.943 bits per heavy atom. The summed E-state index contributed by atoms with van der Waals surface area (Å²) in [5, 5.41) is 26.4. The minimum Gasteiger partial charge on any atom is -0.432 e. The summed E-state index contributed by atoms with van der Waals surface area (Å²) in [4.78, 5) is 32.2. The fourth-order valence-electron chi connectivity index (χ4n) is 7.51. The Kier molecular flexibility index (Phi) is 9.29. The lowest BCUT2D eigenvalue weighted by atomic mass is 9.76. The number of pyridine rings is 2. The summed E-state index contributed by atoms with van der Waals surface area (Å²) in [6.45, 7) is 16.6. The average Bonchev–Trinajstić information content (AvgIpc) is 3.10. The molecule has 0 amide bonds. The molecule has 270 valence electrons. The summed E-state index contributed by atoms with van der Waals surface area (Å²) in [5.74, 6) is 0. The zero-order valence-corrected chi connectivity index (χ0v) is 34.0. The minimum absolute atomic E-state index is 0.263. The number of fused-ring (bicyclic) bond motifs is 4. The van der Waals surface area contributed by atoms with E-state index in [4.69, 9.17) is 9.97 Å². The maximum atomic E-state index is 11.2. The van der Waals surface area contributed by atoms with E-state index in [2.05, 4.69) is 88.4 Å². The van der Waals surface area contributed by atoms with Crippen LogP contribution in [0.3, 0.4) is 0 Å². The van der Waals surface area contributed by atoms with Gasteiger partial charge in [-0.15, -0.1) is 0 Å². The molecule has 7 rings (SSSR count). The number of hydrogen-bond donors (Lipinski definition) is 4. The van der Waals surface area contributed by atoms with Crippen LogP contribution in [-0.2, 0) is 12.8 Å². The molecule has 0 unspecified atom stereocenters. The number of hydrogen-bond acceptors (Lipinski definition) is 6. The topological polar surface area (TPSA) is 107 Å². The molecule has 0 saturated carbocycles. The van der Waals surface area contributed by atoms with E-state index < -0.39 is 23.8 Å². The maximum absolute atomic E-state index is 11.2. The van der Waals surface area contributed by atoms with Gasteiger partial charge in [0.2, 0.25) is 0 Å². The molecule has 0 spiro atoms. The second-order valence-corrected chi connectivity index (χ2v) is 26.0. The van der Waals surface area contributed by atoms with Crippen molar-refractivity contribution in [3.63, 3.8) is 0 Å². The molecule has 9 heteroatoms. The van der Waals surface area contributed by atoms with Crippen LogP contribution in [0.15, 0.2) is 103 Å². The molecule has 0 bridgehead atoms. The third kappa shape index (κ3) is 6.54. The monoisotopic (exact) mass is 736 g/mol. The van der Waals surface area contributed by atoms with Gasteiger partial charge in [0.1, 0.15) is 0 Å². The van der Waals surface area contributed by atoms with Crippen LogP contribution in [0.1, 0.15) is 38.8 Å². The smallest absolute Gasteiger partial charge is 0.432 e. The Morgan fingerprint density at radius 1 is 0.528 bits per heavy atom. The molecule has 0 radical (unpaired) electrons. The molecule has 53 heavy (non-hydrogen) atoms. The van der Waals surface area contributed by atoms with Gasteiger partial charge in [0, 0.05) is 23.2 Å². The van der Waals surface area contributed by atoms with Crippen molar-refractivity contribution in [2.75, 3.05) is 0 Å². The molecular formula is C44H49BN2O4Si2. The maximum Gasteiger partial charge on any atom is 0.488 e. The summed E-state index contributed by atoms with van der Waals surface area (Å²) >= 11 is 0. The molecule has 4 N–H and O–H groups in total. The van der Waals surface area contributed by atoms with Crippen LogP contribution in [0.2, 0.25) is 36.3 Å². The summed E-state index contributed by atoms with van der Waals surface area (Å²) in [5.41, 5.74) is 8.53. The van der Waals surface area contributed by atoms with Crippen molar-refractivity contribution >= 4 is 72.6 Å². The van der Waals surface area contributed by atoms with E-state index in [0.29, 0.717) is 18.3 Å². The Hall–Kier alpha value is -4.22. The van der Waals surface area contributed by atoms with Crippen LogP contribution in [0.25, 0.3) is 65.6 Å². The number of benzene rings is 5. The molecule has 0 fully saturated rings. The largest absolute Gasteiger partial charge is 0.488 e. The van der Waals surface area contributed by atoms with Crippen molar-refractivity contribution in [1.29, 1.82) is 0 Å². The SMILES string of the molecule is CC(C)(Cc1ccc(-c2c3ccccc3c(-c3ccc(CC(C)(C)[Si](C)(C)O)c4ncccc34)c3cc(B(O)O)ccc23)c2cccnc12)[Si](C)(C)O. The fourth-order valence-corrected chi connectivity index (χ4v) is 8.75. The normalized spacial score (nSPS) is 13.1. The number of aromatic nitrogens is 2. The van der Waals surface area contributed by atoms with Crippen LogP contribution in [0.4, 0.5) is 0 Å². The molecule has 0 saturated heterocycles. The highest BCUT2D eigenvalue weighted by Crippen LogP contribution is 2.48. The van der Waals surface area contributed by atoms with Crippen LogP contribution >= 0.6 is 0 Å². The standard InChI is InChI=1S/C44H49BN2O4Si2/c1-43(2,52(5,6)50)26-28-17-20-33(36-15-11-23-46-41(28)36)39-31-13-9-10-14-32(31)40(38-25-30(45(48)49)19-22-35(38)39)34-21-18-29(27-44(3,4)53(7,8)51)42-37(34)16-12-24-47-42/h9-25,48-51H,26-27H2,1-8H3. The molecule has 2 heterocycles. The van der Waals surface area contributed by atoms with Gasteiger partial charge in [-0.3, -0.25) is 9.97 Å². The third-order valence-corrected chi connectivity index (χ3v) is 19.1. The van der Waals surface area contributed by atoms with Crippen LogP contribution in [0, 0.1) is 0 Å². The van der Waals surface area contributed by atoms with Crippen LogP contribution in [0.5, 0.6) is 0 Å². The lowest BCUT2D eigenvalue weighted by Crippen LogP contribution is -2.40. The van der Waals surface area contributed by atoms with Crippen molar-refractivity contribution < 1.29 is 19.6 Å². The Morgan fingerprint density at radius 3 is 1.38 bits per heavy atom. The second-order valence-electron chi connectivity index (χ2n) is 17.1. The molecule has 5 aromatic carbocycles. The molecule has 2 aromatic heterocycles. The zero-order valence-electron chi connectivity index (χ0n) is 32.0. The highest BCUT2D eigenvalue weighted by molar-refractivity contribution is 6.73. The van der Waals surface area contributed by atoms with E-state index in [1.165, 1.54) is 0 Å². The number of nitrogens with zero attached hydrogens (tertiary/aromatic N) is 2. The predicted molar refractivity (Wildman–Crippen MR) is 228 cm³/mol. The van der Waals surface area contributed by atoms with Gasteiger partial charge in [-0.2, -0.15) is 0 Å². The van der Waals surface area contributed by atoms with Crippen LogP contribution < -0.4 is 5.46 Å². The number of rotatable bonds is 9. The summed E-state index contributed by atoms with van der Waals surface area (Å²) < 4.78 is 0. The van der Waals surface area contributed by atoms with Gasteiger partial charge in [-0.25, -0.2) is 0 Å². The molecule has 0 aliphatic carbocycles. The third-order valence-electron chi connectivity index (χ3n) is 12.2. The molecule has 0 atom stereocenters. The van der Waals surface area contributed by atoms with Crippen molar-refractivity contribution in [2.45, 2.75) is 76.8 Å². The summed E-state index contributed by atoms with van der Waals surface area (Å²) in [6.07, 6.45) is 5.08. The first-order valence-electron chi connectivity index (χ1n) is 18.4. The molecule has 6 nitrogen and oxygen atoms in total. The van der Waals surface area contributed by atoms with Gasteiger partial charge in [0.15, 0.2) is 16.6 Å². The van der Waals surface area contributed by atoms with E-state index in [1.807, 2.05) is 62.8 Å². The van der Waals surface area contributed by atoms with E-state index in [1.54, 1.807) is 6.07 Å². The quantitative estimate of drug-likeness (QED) is 0.0871. The molecular weight excluding hydrogens is 687 g/mol. The van der Waals surface area contributed by atoms with Crippen molar-refractivity contribution in [1.82, 2.24) is 9.97 Å². The minimum atomic E-state index is -2.49. The van der Waals surface area contributed by atoms with Gasteiger partial charge in [0.25, 0.3) is 0 Å². The van der Waals surface area contributed by atoms with Crippen molar-refractivity contribution in [3.05, 3.63) is 115 Å². The van der Waals surface area contributed by atoms with Gasteiger partial charge in [0.05, 0.1) is 11.0 Å². The van der Waals surface area contributed by atoms with E-state index in [-0.39, 0.29) is 10.1 Å². The first-order chi connectivity index (χ1) is 24.9. The zero-order chi connectivity index (χ0) is 38.1. The first-order valence-corrected chi connectivity index (χ1v) is 24.3. The molecule has 7 aromatic rings. The summed E-state index contributed by atoms with van der Waals surface area (Å²) in [6, 6.07) is 31.1. The van der Waals surface area contributed by atoms with Crippen molar-refractivity contribution in [3.8, 4) is 22.3 Å². The van der Waals surface area contributed by atoms with Crippen LogP contribution in [-0.4, -0.2) is 53.4 Å². The fraction of sp³-hybridized carbons (Fsp3) is 0.273. The Labute approximate surface area is 314 Å². The average molecular weight is 737 g/mol. The van der Waals surface area contributed by atoms with Gasteiger partial charge < -0.3 is 19.6 Å². The van der Waals surface area contributed by atoms with E-state index >= 15 is 0 Å². The molecule has 0 aliphatic rings. The Bertz CT molecular complexity index is 2540. The second kappa shape index (κ2) is 13.3. The van der Waals surface area contributed by atoms with E-state index in [0.717, 1.165) is 76.7 Å². The lowest BCUT2D eigenvalue weighted by molar-refractivity contribution is 0.426. The van der Waals surface area contributed by atoms with Gasteiger partial charge in [-0.1, -0.05) is 107 Å². The predicted octanol–water partition coefficient (Wildman–Crippen LogP) is 9.14.